The first-order chi connectivity index (χ1) is 12.7. The lowest BCUT2D eigenvalue weighted by atomic mass is 10.00. The Balaban J connectivity index is 2.10. The van der Waals surface area contributed by atoms with E-state index in [1.165, 1.54) is 12.1 Å². The van der Waals surface area contributed by atoms with Crippen LogP contribution in [0.25, 0.3) is 0 Å². The number of halogens is 2. The normalized spacial score (nSPS) is 24.6. The van der Waals surface area contributed by atoms with Crippen LogP contribution in [0.15, 0.2) is 53.4 Å². The maximum absolute atomic E-state index is 13.4. The molecule has 0 saturated heterocycles. The van der Waals surface area contributed by atoms with Gasteiger partial charge in [-0.15, -0.1) is 0 Å². The maximum atomic E-state index is 13.4. The van der Waals surface area contributed by atoms with Gasteiger partial charge in [-0.25, -0.2) is 8.42 Å². The Hall–Kier alpha value is -1.18. The Morgan fingerprint density at radius 2 is 1.63 bits per heavy atom. The predicted molar refractivity (Wildman–Crippen MR) is 112 cm³/mol. The third kappa shape index (κ3) is 3.61. The van der Waals surface area contributed by atoms with Gasteiger partial charge in [-0.05, 0) is 48.9 Å². The molecular weight excluding hydrogens is 425 g/mol. The summed E-state index contributed by atoms with van der Waals surface area (Å²) in [5.74, 6) is -0.403. The molecule has 0 heterocycles. The number of hydrogen-bond donors (Lipinski definition) is 1. The number of benzene rings is 2. The van der Waals surface area contributed by atoms with E-state index in [-0.39, 0.29) is 16.5 Å². The molecule has 3 atom stereocenters. The molecule has 1 saturated carbocycles. The molecule has 0 radical (unpaired) electrons. The van der Waals surface area contributed by atoms with Crippen molar-refractivity contribution in [2.75, 3.05) is 13.2 Å². The molecule has 0 aromatic heterocycles. The van der Waals surface area contributed by atoms with Crippen molar-refractivity contribution in [1.29, 1.82) is 0 Å². The fourth-order valence-electron chi connectivity index (χ4n) is 3.58. The van der Waals surface area contributed by atoms with Crippen LogP contribution < -0.4 is 5.73 Å². The number of thiocarbonyl (C=S) groups is 1. The second-order valence-electron chi connectivity index (χ2n) is 6.49. The van der Waals surface area contributed by atoms with Crippen molar-refractivity contribution in [2.45, 2.75) is 23.0 Å². The van der Waals surface area contributed by atoms with E-state index in [0.717, 1.165) is 5.56 Å². The van der Waals surface area contributed by atoms with Crippen molar-refractivity contribution >= 4 is 50.2 Å². The monoisotopic (exact) mass is 443 g/mol. The van der Waals surface area contributed by atoms with Crippen molar-refractivity contribution in [3.63, 3.8) is 0 Å². The molecule has 1 aliphatic rings. The van der Waals surface area contributed by atoms with Crippen LogP contribution in [-0.4, -0.2) is 31.9 Å². The van der Waals surface area contributed by atoms with E-state index in [0.29, 0.717) is 16.7 Å². The van der Waals surface area contributed by atoms with E-state index in [1.54, 1.807) is 24.3 Å². The summed E-state index contributed by atoms with van der Waals surface area (Å²) in [6, 6.07) is 13.2. The summed E-state index contributed by atoms with van der Waals surface area (Å²) in [6.45, 7) is 2.42. The highest BCUT2D eigenvalue weighted by atomic mass is 35.5. The van der Waals surface area contributed by atoms with E-state index < -0.39 is 26.4 Å². The topological polar surface area (TPSA) is 69.4 Å². The van der Waals surface area contributed by atoms with Crippen LogP contribution in [0.4, 0.5) is 0 Å². The SMILES string of the molecule is CCOCC1(C(N)=S)C(c2ccc(Cl)cc2)C1S(=O)(=O)c1ccc(Cl)cc1. The lowest BCUT2D eigenvalue weighted by Crippen LogP contribution is -2.33. The van der Waals surface area contributed by atoms with Crippen LogP contribution in [0, 0.1) is 5.41 Å². The molecule has 2 aromatic rings. The quantitative estimate of drug-likeness (QED) is 0.647. The molecule has 2 N–H and O–H groups in total. The molecule has 2 aromatic carbocycles. The predicted octanol–water partition coefficient (Wildman–Crippen LogP) is 4.24. The lowest BCUT2D eigenvalue weighted by Gasteiger charge is -2.17. The summed E-state index contributed by atoms with van der Waals surface area (Å²) in [4.78, 5) is 0.323. The van der Waals surface area contributed by atoms with Crippen LogP contribution in [0.5, 0.6) is 0 Å². The average molecular weight is 444 g/mol. The van der Waals surface area contributed by atoms with Crippen LogP contribution in [0.2, 0.25) is 10.0 Å². The third-order valence-electron chi connectivity index (χ3n) is 4.97. The largest absolute Gasteiger partial charge is 0.393 e. The molecule has 0 spiro atoms. The summed E-state index contributed by atoms with van der Waals surface area (Å²) >= 11 is 17.2. The molecule has 0 amide bonds. The van der Waals surface area contributed by atoms with Gasteiger partial charge in [0.2, 0.25) is 0 Å². The highest BCUT2D eigenvalue weighted by Gasteiger charge is 2.73. The average Bonchev–Trinajstić information content (AvgIpc) is 3.32. The Bertz CT molecular complexity index is 946. The summed E-state index contributed by atoms with van der Waals surface area (Å²) in [7, 11) is -3.71. The third-order valence-corrected chi connectivity index (χ3v) is 8.14. The van der Waals surface area contributed by atoms with Gasteiger partial charge < -0.3 is 10.5 Å². The van der Waals surface area contributed by atoms with Gasteiger partial charge in [0.25, 0.3) is 0 Å². The molecular formula is C19H19Cl2NO3S2. The first-order valence-corrected chi connectivity index (χ1v) is 11.1. The molecule has 144 valence electrons. The Morgan fingerprint density at radius 3 is 2.11 bits per heavy atom. The highest BCUT2D eigenvalue weighted by molar-refractivity contribution is 7.92. The molecule has 8 heteroatoms. The summed E-state index contributed by atoms with van der Waals surface area (Å²) in [5, 5.41) is 0.229. The number of ether oxygens (including phenoxy) is 1. The van der Waals surface area contributed by atoms with Gasteiger partial charge in [-0.1, -0.05) is 47.6 Å². The molecule has 3 unspecified atom stereocenters. The molecule has 0 aliphatic heterocycles. The van der Waals surface area contributed by atoms with Gasteiger partial charge in [-0.3, -0.25) is 0 Å². The molecule has 4 nitrogen and oxygen atoms in total. The minimum atomic E-state index is -3.71. The maximum Gasteiger partial charge on any atom is 0.182 e. The summed E-state index contributed by atoms with van der Waals surface area (Å²) in [6.07, 6.45) is 0. The molecule has 3 rings (SSSR count). The molecule has 1 fully saturated rings. The van der Waals surface area contributed by atoms with E-state index in [4.69, 9.17) is 45.9 Å². The van der Waals surface area contributed by atoms with Gasteiger partial charge >= 0.3 is 0 Å². The summed E-state index contributed by atoms with van der Waals surface area (Å²) < 4.78 is 32.4. The van der Waals surface area contributed by atoms with Gasteiger partial charge in [0, 0.05) is 22.6 Å². The standard InChI is InChI=1S/C19H19Cl2NO3S2/c1-2-25-11-19(18(22)26)16(12-3-5-13(20)6-4-12)17(19)27(23,24)15-9-7-14(21)8-10-15/h3-10,16-17H,2,11H2,1H3,(H2,22,26). The lowest BCUT2D eigenvalue weighted by molar-refractivity contribution is 0.121. The fraction of sp³-hybridized carbons (Fsp3) is 0.316. The Kier molecular flexibility index (Phi) is 5.85. The van der Waals surface area contributed by atoms with Gasteiger partial charge in [0.15, 0.2) is 9.84 Å². The van der Waals surface area contributed by atoms with E-state index in [2.05, 4.69) is 0 Å². The first-order valence-electron chi connectivity index (χ1n) is 8.37. The molecule has 1 aliphatic carbocycles. The molecule has 0 bridgehead atoms. The highest BCUT2D eigenvalue weighted by Crippen LogP contribution is 2.64. The first kappa shape index (κ1) is 20.6. The zero-order valence-corrected chi connectivity index (χ0v) is 17.7. The van der Waals surface area contributed by atoms with Crippen LogP contribution in [0.1, 0.15) is 18.4 Å². The van der Waals surface area contributed by atoms with Crippen molar-refractivity contribution in [1.82, 2.24) is 0 Å². The second kappa shape index (κ2) is 7.68. The minimum Gasteiger partial charge on any atom is -0.393 e. The number of rotatable bonds is 7. The zero-order chi connectivity index (χ0) is 19.8. The van der Waals surface area contributed by atoms with E-state index in [9.17, 15) is 8.42 Å². The Labute approximate surface area is 174 Å². The minimum absolute atomic E-state index is 0.137. The van der Waals surface area contributed by atoms with Crippen molar-refractivity contribution < 1.29 is 13.2 Å². The van der Waals surface area contributed by atoms with Crippen molar-refractivity contribution in [2.24, 2.45) is 11.1 Å². The van der Waals surface area contributed by atoms with E-state index >= 15 is 0 Å². The van der Waals surface area contributed by atoms with Crippen molar-refractivity contribution in [3.05, 3.63) is 64.1 Å². The fourth-order valence-corrected chi connectivity index (χ4v) is 6.60. The van der Waals surface area contributed by atoms with Crippen molar-refractivity contribution in [3.8, 4) is 0 Å². The smallest absolute Gasteiger partial charge is 0.182 e. The second-order valence-corrected chi connectivity index (χ2v) is 9.87. The van der Waals surface area contributed by atoms with Crippen LogP contribution in [0.3, 0.4) is 0 Å². The number of nitrogens with two attached hydrogens (primary N) is 1. The van der Waals surface area contributed by atoms with E-state index in [1.807, 2.05) is 19.1 Å². The number of hydrogen-bond acceptors (Lipinski definition) is 4. The molecule has 27 heavy (non-hydrogen) atoms. The van der Waals surface area contributed by atoms with Gasteiger partial charge in [0.05, 0.1) is 27.2 Å². The van der Waals surface area contributed by atoms with Crippen LogP contribution >= 0.6 is 35.4 Å². The van der Waals surface area contributed by atoms with Gasteiger partial charge in [0.1, 0.15) is 0 Å². The van der Waals surface area contributed by atoms with Gasteiger partial charge in [-0.2, -0.15) is 0 Å². The van der Waals surface area contributed by atoms with Crippen LogP contribution in [-0.2, 0) is 14.6 Å². The zero-order valence-electron chi connectivity index (χ0n) is 14.6. The summed E-state index contributed by atoms with van der Waals surface area (Å²) in [5.41, 5.74) is 5.91. The Morgan fingerprint density at radius 1 is 1.11 bits per heavy atom. The number of sulfone groups is 1.